The number of benzene rings is 1. The van der Waals surface area contributed by atoms with Crippen molar-refractivity contribution in [1.29, 1.82) is 0 Å². The maximum atomic E-state index is 12.6. The van der Waals surface area contributed by atoms with Crippen LogP contribution in [-0.4, -0.2) is 37.4 Å². The Hall–Kier alpha value is -1.75. The number of rotatable bonds is 1. The van der Waals surface area contributed by atoms with Crippen LogP contribution >= 0.6 is 0 Å². The van der Waals surface area contributed by atoms with Crippen molar-refractivity contribution < 1.29 is 19.0 Å². The van der Waals surface area contributed by atoms with Crippen LogP contribution in [0.4, 0.5) is 0 Å². The Labute approximate surface area is 135 Å². The van der Waals surface area contributed by atoms with Crippen LogP contribution in [0.3, 0.4) is 0 Å². The molecule has 0 unspecified atom stereocenters. The number of amides is 1. The number of fused-ring (bicyclic) bond motifs is 2. The average molecular weight is 315 g/mol. The van der Waals surface area contributed by atoms with Gasteiger partial charge < -0.3 is 19.1 Å². The van der Waals surface area contributed by atoms with Crippen LogP contribution in [0, 0.1) is 5.92 Å². The molecule has 0 N–H and O–H groups in total. The van der Waals surface area contributed by atoms with E-state index < -0.39 is 0 Å². The summed E-state index contributed by atoms with van der Waals surface area (Å²) in [5.74, 6) is 2.35. The van der Waals surface area contributed by atoms with E-state index in [1.807, 2.05) is 0 Å². The fraction of sp³-hybridized carbons (Fsp3) is 0.611. The lowest BCUT2D eigenvalue weighted by Crippen LogP contribution is -2.54. The molecule has 1 spiro atoms. The summed E-state index contributed by atoms with van der Waals surface area (Å²) < 4.78 is 16.9. The van der Waals surface area contributed by atoms with E-state index in [-0.39, 0.29) is 18.4 Å². The molecule has 0 aromatic heterocycles. The summed E-state index contributed by atoms with van der Waals surface area (Å²) in [7, 11) is 1.78. The molecule has 1 aliphatic carbocycles. The highest BCUT2D eigenvalue weighted by molar-refractivity contribution is 5.82. The lowest BCUT2D eigenvalue weighted by Gasteiger charge is -2.51. The van der Waals surface area contributed by atoms with Crippen LogP contribution < -0.4 is 9.47 Å². The molecule has 23 heavy (non-hydrogen) atoms. The molecule has 1 amide bonds. The topological polar surface area (TPSA) is 48.0 Å². The van der Waals surface area contributed by atoms with Crippen LogP contribution in [0.1, 0.15) is 36.8 Å². The predicted octanol–water partition coefficient (Wildman–Crippen LogP) is 2.21. The maximum absolute atomic E-state index is 12.6. The van der Waals surface area contributed by atoms with Gasteiger partial charge in [0.1, 0.15) is 0 Å². The Bertz CT molecular complexity index is 688. The van der Waals surface area contributed by atoms with Crippen molar-refractivity contribution in [2.45, 2.75) is 43.7 Å². The van der Waals surface area contributed by atoms with Crippen molar-refractivity contribution in [3.63, 3.8) is 0 Å². The van der Waals surface area contributed by atoms with E-state index in [0.717, 1.165) is 43.7 Å². The van der Waals surface area contributed by atoms with Crippen LogP contribution in [0.25, 0.3) is 0 Å². The second-order valence-corrected chi connectivity index (χ2v) is 7.12. The summed E-state index contributed by atoms with van der Waals surface area (Å²) in [6, 6.07) is 4.26. The molecule has 3 aliphatic heterocycles. The molecule has 5 heteroatoms. The Morgan fingerprint density at radius 1 is 1.26 bits per heavy atom. The van der Waals surface area contributed by atoms with Gasteiger partial charge in [0, 0.05) is 26.5 Å². The monoisotopic (exact) mass is 315 g/mol. The second-order valence-electron chi connectivity index (χ2n) is 7.12. The molecule has 0 radical (unpaired) electrons. The zero-order valence-corrected chi connectivity index (χ0v) is 13.3. The second kappa shape index (κ2) is 4.63. The van der Waals surface area contributed by atoms with Crippen molar-refractivity contribution >= 4 is 5.91 Å². The number of methoxy groups -OCH3 is 1. The maximum Gasteiger partial charge on any atom is 0.231 e. The highest BCUT2D eigenvalue weighted by atomic mass is 16.7. The Kier molecular flexibility index (Phi) is 2.75. The largest absolute Gasteiger partial charge is 0.454 e. The van der Waals surface area contributed by atoms with Gasteiger partial charge >= 0.3 is 0 Å². The standard InChI is InChI=1S/C18H21NO4/c1-21-13-3-2-12-7-17(20)19-5-4-11-6-15-16(23-10-22-15)8-14(11)18(12,19)9-13/h6,8,12-13H,2-5,7,9-10H2,1H3/t12-,13-,18-/m1/s1. The minimum atomic E-state index is -0.204. The lowest BCUT2D eigenvalue weighted by molar-refractivity contribution is -0.134. The first kappa shape index (κ1) is 13.7. The number of carbonyl (C=O) groups excluding carboxylic acids is 1. The quantitative estimate of drug-likeness (QED) is 0.797. The smallest absolute Gasteiger partial charge is 0.231 e. The SMILES string of the molecule is CO[C@@H]1CC[C@@H]2CC(=O)N3CCc4cc5c(cc4[C@@]23C1)OCO5. The molecular formula is C18H21NO4. The molecule has 122 valence electrons. The summed E-state index contributed by atoms with van der Waals surface area (Å²) in [6.45, 7) is 1.09. The molecular weight excluding hydrogens is 294 g/mol. The summed E-state index contributed by atoms with van der Waals surface area (Å²) >= 11 is 0. The molecule has 3 heterocycles. The van der Waals surface area contributed by atoms with Crippen LogP contribution in [0.15, 0.2) is 12.1 Å². The van der Waals surface area contributed by atoms with E-state index in [2.05, 4.69) is 17.0 Å². The summed E-state index contributed by atoms with van der Waals surface area (Å²) in [6.07, 6.45) is 4.77. The van der Waals surface area contributed by atoms with Gasteiger partial charge in [-0.1, -0.05) is 0 Å². The predicted molar refractivity (Wildman–Crippen MR) is 82.4 cm³/mol. The first-order chi connectivity index (χ1) is 11.2. The number of nitrogens with zero attached hydrogens (tertiary/aromatic N) is 1. The number of hydrogen-bond acceptors (Lipinski definition) is 4. The van der Waals surface area contributed by atoms with Gasteiger partial charge in [0.05, 0.1) is 11.6 Å². The zero-order chi connectivity index (χ0) is 15.6. The van der Waals surface area contributed by atoms with E-state index in [1.54, 1.807) is 7.11 Å². The van der Waals surface area contributed by atoms with Gasteiger partial charge in [0.25, 0.3) is 0 Å². The van der Waals surface area contributed by atoms with E-state index in [1.165, 1.54) is 11.1 Å². The van der Waals surface area contributed by atoms with Gasteiger partial charge in [-0.05, 0) is 48.4 Å². The summed E-state index contributed by atoms with van der Waals surface area (Å²) in [5.41, 5.74) is 2.37. The highest BCUT2D eigenvalue weighted by Gasteiger charge is 2.58. The van der Waals surface area contributed by atoms with Gasteiger partial charge in [-0.25, -0.2) is 0 Å². The lowest BCUT2D eigenvalue weighted by atomic mass is 9.66. The van der Waals surface area contributed by atoms with Gasteiger partial charge in [-0.2, -0.15) is 0 Å². The van der Waals surface area contributed by atoms with E-state index >= 15 is 0 Å². The number of hydrogen-bond donors (Lipinski definition) is 0. The molecule has 1 saturated heterocycles. The van der Waals surface area contributed by atoms with Crippen LogP contribution in [-0.2, 0) is 21.5 Å². The molecule has 0 bridgehead atoms. The van der Waals surface area contributed by atoms with E-state index in [4.69, 9.17) is 14.2 Å². The first-order valence-corrected chi connectivity index (χ1v) is 8.48. The van der Waals surface area contributed by atoms with Crippen molar-refractivity contribution in [3.8, 4) is 11.5 Å². The third kappa shape index (κ3) is 1.69. The summed E-state index contributed by atoms with van der Waals surface area (Å²) in [5, 5.41) is 0. The fourth-order valence-corrected chi connectivity index (χ4v) is 5.21. The third-order valence-corrected chi connectivity index (χ3v) is 6.26. The zero-order valence-electron chi connectivity index (χ0n) is 13.3. The van der Waals surface area contributed by atoms with Gasteiger partial charge in [0.2, 0.25) is 12.7 Å². The molecule has 1 aromatic carbocycles. The van der Waals surface area contributed by atoms with Crippen LogP contribution in [0.2, 0.25) is 0 Å². The molecule has 3 atom stereocenters. The minimum absolute atomic E-state index is 0.204. The Morgan fingerprint density at radius 2 is 2.09 bits per heavy atom. The highest BCUT2D eigenvalue weighted by Crippen LogP contribution is 2.56. The average Bonchev–Trinajstić information content (AvgIpc) is 3.13. The van der Waals surface area contributed by atoms with Gasteiger partial charge in [-0.3, -0.25) is 4.79 Å². The minimum Gasteiger partial charge on any atom is -0.454 e. The summed E-state index contributed by atoms with van der Waals surface area (Å²) in [4.78, 5) is 14.8. The van der Waals surface area contributed by atoms with Crippen molar-refractivity contribution in [3.05, 3.63) is 23.3 Å². The van der Waals surface area contributed by atoms with Crippen molar-refractivity contribution in [1.82, 2.24) is 4.90 Å². The number of ether oxygens (including phenoxy) is 3. The third-order valence-electron chi connectivity index (χ3n) is 6.26. The van der Waals surface area contributed by atoms with Gasteiger partial charge in [-0.15, -0.1) is 0 Å². The Balaban J connectivity index is 1.70. The molecule has 5 rings (SSSR count). The first-order valence-electron chi connectivity index (χ1n) is 8.48. The Morgan fingerprint density at radius 3 is 2.91 bits per heavy atom. The molecule has 2 fully saturated rings. The molecule has 1 aromatic rings. The van der Waals surface area contributed by atoms with Gasteiger partial charge in [0.15, 0.2) is 11.5 Å². The fourth-order valence-electron chi connectivity index (χ4n) is 5.21. The van der Waals surface area contributed by atoms with E-state index in [9.17, 15) is 4.79 Å². The normalized spacial score (nSPS) is 34.1. The molecule has 5 nitrogen and oxygen atoms in total. The molecule has 4 aliphatic rings. The van der Waals surface area contributed by atoms with Crippen LogP contribution in [0.5, 0.6) is 11.5 Å². The number of carbonyl (C=O) groups is 1. The van der Waals surface area contributed by atoms with E-state index in [0.29, 0.717) is 18.2 Å². The van der Waals surface area contributed by atoms with Crippen molar-refractivity contribution in [2.24, 2.45) is 5.92 Å². The molecule has 1 saturated carbocycles. The van der Waals surface area contributed by atoms with Crippen molar-refractivity contribution in [2.75, 3.05) is 20.4 Å².